The van der Waals surface area contributed by atoms with Crippen molar-refractivity contribution in [1.29, 1.82) is 0 Å². The molecule has 1 aromatic rings. The van der Waals surface area contributed by atoms with Gasteiger partial charge in [-0.15, -0.1) is 0 Å². The van der Waals surface area contributed by atoms with Gasteiger partial charge in [0, 0.05) is 0 Å². The fourth-order valence-electron chi connectivity index (χ4n) is 2.11. The topological polar surface area (TPSA) is 29.5 Å². The van der Waals surface area contributed by atoms with Crippen molar-refractivity contribution >= 4 is 18.2 Å². The summed E-state index contributed by atoms with van der Waals surface area (Å²) >= 11 is 0. The summed E-state index contributed by atoms with van der Waals surface area (Å²) in [5.41, 5.74) is 3.99. The smallest absolute Gasteiger partial charge is 0.423 e. The maximum absolute atomic E-state index is 9.77. The number of fused-ring (bicyclic) bond motifs is 1. The van der Waals surface area contributed by atoms with Gasteiger partial charge in [-0.2, -0.15) is 0 Å². The van der Waals surface area contributed by atoms with Gasteiger partial charge in [-0.05, 0) is 55.9 Å². The van der Waals surface area contributed by atoms with Crippen LogP contribution in [-0.4, -0.2) is 12.1 Å². The van der Waals surface area contributed by atoms with Gasteiger partial charge in [0.2, 0.25) is 0 Å². The standard InChI is InChI=1S/C13H17BO2/c1-5-9(2)10-6-7-12-11(8-10)13(3,4)16-14(12)15/h5-8,15H,1-4H3. The lowest BCUT2D eigenvalue weighted by Gasteiger charge is -2.20. The Morgan fingerprint density at radius 2 is 2.12 bits per heavy atom. The van der Waals surface area contributed by atoms with E-state index in [2.05, 4.69) is 19.1 Å². The number of hydrogen-bond donors (Lipinski definition) is 1. The molecule has 0 aromatic heterocycles. The van der Waals surface area contributed by atoms with Gasteiger partial charge in [0.05, 0.1) is 5.60 Å². The van der Waals surface area contributed by atoms with Crippen molar-refractivity contribution < 1.29 is 9.68 Å². The summed E-state index contributed by atoms with van der Waals surface area (Å²) in [5, 5.41) is 9.77. The van der Waals surface area contributed by atoms with Crippen LogP contribution in [0.4, 0.5) is 0 Å². The molecule has 0 saturated carbocycles. The highest BCUT2D eigenvalue weighted by molar-refractivity contribution is 6.61. The first-order valence-corrected chi connectivity index (χ1v) is 5.59. The number of rotatable bonds is 1. The zero-order valence-corrected chi connectivity index (χ0v) is 10.2. The van der Waals surface area contributed by atoms with Crippen LogP contribution in [0, 0.1) is 0 Å². The van der Waals surface area contributed by atoms with E-state index in [1.165, 1.54) is 11.1 Å². The molecule has 1 N–H and O–H groups in total. The Morgan fingerprint density at radius 3 is 2.75 bits per heavy atom. The molecule has 1 aliphatic rings. The SMILES string of the molecule is CC=C(C)c1ccc2c(c1)C(C)(C)OB2O. The van der Waals surface area contributed by atoms with E-state index < -0.39 is 12.7 Å². The minimum Gasteiger partial charge on any atom is -0.423 e. The lowest BCUT2D eigenvalue weighted by molar-refractivity contribution is 0.101. The third-order valence-electron chi connectivity index (χ3n) is 3.26. The molecule has 0 amide bonds. The van der Waals surface area contributed by atoms with E-state index >= 15 is 0 Å². The van der Waals surface area contributed by atoms with Gasteiger partial charge < -0.3 is 9.68 Å². The second kappa shape index (κ2) is 3.76. The summed E-state index contributed by atoms with van der Waals surface area (Å²) in [6.07, 6.45) is 2.08. The lowest BCUT2D eigenvalue weighted by Crippen LogP contribution is -2.28. The number of hydrogen-bond acceptors (Lipinski definition) is 2. The molecule has 0 fully saturated rings. The molecule has 0 aliphatic carbocycles. The van der Waals surface area contributed by atoms with Crippen molar-refractivity contribution in [3.8, 4) is 0 Å². The van der Waals surface area contributed by atoms with E-state index in [4.69, 9.17) is 4.65 Å². The molecule has 1 heterocycles. The maximum Gasteiger partial charge on any atom is 0.492 e. The summed E-state index contributed by atoms with van der Waals surface area (Å²) in [5.74, 6) is 0. The van der Waals surface area contributed by atoms with Crippen LogP contribution >= 0.6 is 0 Å². The Kier molecular flexibility index (Phi) is 2.68. The lowest BCUT2D eigenvalue weighted by atomic mass is 9.77. The molecule has 3 heteroatoms. The van der Waals surface area contributed by atoms with Gasteiger partial charge in [0.15, 0.2) is 0 Å². The molecule has 16 heavy (non-hydrogen) atoms. The molecule has 0 spiro atoms. The predicted molar refractivity (Wildman–Crippen MR) is 67.5 cm³/mol. The van der Waals surface area contributed by atoms with Crippen LogP contribution in [0.3, 0.4) is 0 Å². The molecule has 0 unspecified atom stereocenters. The third-order valence-corrected chi connectivity index (χ3v) is 3.26. The van der Waals surface area contributed by atoms with Gasteiger partial charge >= 0.3 is 7.12 Å². The average molecular weight is 216 g/mol. The Balaban J connectivity index is 2.55. The van der Waals surface area contributed by atoms with Crippen molar-refractivity contribution in [3.05, 3.63) is 35.4 Å². The number of benzene rings is 1. The maximum atomic E-state index is 9.77. The van der Waals surface area contributed by atoms with Crippen molar-refractivity contribution in [3.63, 3.8) is 0 Å². The molecule has 2 nitrogen and oxygen atoms in total. The molecule has 1 aliphatic heterocycles. The first-order chi connectivity index (χ1) is 7.45. The summed E-state index contributed by atoms with van der Waals surface area (Å²) in [7, 11) is -0.787. The quantitative estimate of drug-likeness (QED) is 0.728. The van der Waals surface area contributed by atoms with Crippen LogP contribution in [0.25, 0.3) is 5.57 Å². The third kappa shape index (κ3) is 1.70. The molecular weight excluding hydrogens is 199 g/mol. The van der Waals surface area contributed by atoms with E-state index in [0.29, 0.717) is 0 Å². The highest BCUT2D eigenvalue weighted by Gasteiger charge is 2.40. The first-order valence-electron chi connectivity index (χ1n) is 5.59. The van der Waals surface area contributed by atoms with Crippen LogP contribution in [0.2, 0.25) is 0 Å². The molecule has 2 rings (SSSR count). The summed E-state index contributed by atoms with van der Waals surface area (Å²) in [6, 6.07) is 6.10. The minimum absolute atomic E-state index is 0.404. The Bertz CT molecular complexity index is 449. The van der Waals surface area contributed by atoms with Crippen LogP contribution < -0.4 is 5.46 Å². The molecule has 0 saturated heterocycles. The van der Waals surface area contributed by atoms with E-state index in [1.54, 1.807) is 0 Å². The largest absolute Gasteiger partial charge is 0.492 e. The van der Waals surface area contributed by atoms with Crippen LogP contribution in [0.5, 0.6) is 0 Å². The van der Waals surface area contributed by atoms with E-state index in [-0.39, 0.29) is 0 Å². The van der Waals surface area contributed by atoms with E-state index in [9.17, 15) is 5.02 Å². The second-order valence-corrected chi connectivity index (χ2v) is 4.75. The zero-order valence-electron chi connectivity index (χ0n) is 10.2. The average Bonchev–Trinajstić information content (AvgIpc) is 2.48. The molecule has 0 atom stereocenters. The highest BCUT2D eigenvalue weighted by atomic mass is 16.5. The van der Waals surface area contributed by atoms with Crippen LogP contribution in [-0.2, 0) is 10.3 Å². The van der Waals surface area contributed by atoms with Gasteiger partial charge in [-0.1, -0.05) is 18.2 Å². The Labute approximate surface area is 97.1 Å². The summed E-state index contributed by atoms with van der Waals surface area (Å²) < 4.78 is 5.52. The van der Waals surface area contributed by atoms with Crippen molar-refractivity contribution in [2.75, 3.05) is 0 Å². The van der Waals surface area contributed by atoms with Crippen LogP contribution in [0.1, 0.15) is 38.8 Å². The first kappa shape index (κ1) is 11.4. The predicted octanol–water partition coefficient (Wildman–Crippen LogP) is 2.06. The summed E-state index contributed by atoms with van der Waals surface area (Å²) in [4.78, 5) is 0. The monoisotopic (exact) mass is 216 g/mol. The number of allylic oxidation sites excluding steroid dienone is 2. The van der Waals surface area contributed by atoms with Crippen molar-refractivity contribution in [2.45, 2.75) is 33.3 Å². The van der Waals surface area contributed by atoms with Crippen molar-refractivity contribution in [1.82, 2.24) is 0 Å². The van der Waals surface area contributed by atoms with Gasteiger partial charge in [0.25, 0.3) is 0 Å². The summed E-state index contributed by atoms with van der Waals surface area (Å²) in [6.45, 7) is 8.08. The second-order valence-electron chi connectivity index (χ2n) is 4.75. The highest BCUT2D eigenvalue weighted by Crippen LogP contribution is 2.31. The molecular formula is C13H17BO2. The van der Waals surface area contributed by atoms with Gasteiger partial charge in [0.1, 0.15) is 0 Å². The Morgan fingerprint density at radius 1 is 1.44 bits per heavy atom. The molecule has 0 bridgehead atoms. The fourth-order valence-corrected chi connectivity index (χ4v) is 2.11. The van der Waals surface area contributed by atoms with E-state index in [0.717, 1.165) is 11.0 Å². The van der Waals surface area contributed by atoms with Gasteiger partial charge in [-0.3, -0.25) is 0 Å². The normalized spacial score (nSPS) is 18.8. The van der Waals surface area contributed by atoms with Gasteiger partial charge in [-0.25, -0.2) is 0 Å². The molecule has 84 valence electrons. The zero-order chi connectivity index (χ0) is 11.9. The molecule has 0 radical (unpaired) electrons. The van der Waals surface area contributed by atoms with E-state index in [1.807, 2.05) is 32.9 Å². The fraction of sp³-hybridized carbons (Fsp3) is 0.385. The molecule has 1 aromatic carbocycles. The van der Waals surface area contributed by atoms with Crippen LogP contribution in [0.15, 0.2) is 24.3 Å². The Hall–Kier alpha value is -1.06. The minimum atomic E-state index is -0.787. The van der Waals surface area contributed by atoms with Crippen molar-refractivity contribution in [2.24, 2.45) is 0 Å².